The normalized spacial score (nSPS) is 10.9. The van der Waals surface area contributed by atoms with Crippen LogP contribution in [0.1, 0.15) is 5.89 Å². The lowest BCUT2D eigenvalue weighted by molar-refractivity contribution is 0.222. The number of aliphatic hydroxyl groups is 1. The van der Waals surface area contributed by atoms with E-state index in [0.717, 1.165) is 10.9 Å². The van der Waals surface area contributed by atoms with Gasteiger partial charge in [-0.1, -0.05) is 29.4 Å². The maximum absolute atomic E-state index is 8.85. The molecule has 0 bridgehead atoms. The summed E-state index contributed by atoms with van der Waals surface area (Å²) in [5, 5.41) is 13.7. The summed E-state index contributed by atoms with van der Waals surface area (Å²) in [5.74, 6) is 0.578. The van der Waals surface area contributed by atoms with E-state index in [2.05, 4.69) is 15.1 Å². The van der Waals surface area contributed by atoms with Crippen molar-refractivity contribution in [3.63, 3.8) is 0 Å². The molecule has 84 valence electrons. The first-order valence-corrected chi connectivity index (χ1v) is 5.16. The fourth-order valence-corrected chi connectivity index (χ4v) is 1.61. The lowest BCUT2D eigenvalue weighted by Crippen LogP contribution is -1.88. The van der Waals surface area contributed by atoms with Crippen molar-refractivity contribution < 1.29 is 9.63 Å². The number of hydrogen-bond donors (Lipinski definition) is 1. The van der Waals surface area contributed by atoms with Gasteiger partial charge in [-0.2, -0.15) is 4.98 Å². The van der Waals surface area contributed by atoms with Crippen LogP contribution in [0, 0.1) is 0 Å². The molecule has 0 atom stereocenters. The molecule has 0 saturated carbocycles. The predicted molar refractivity (Wildman–Crippen MR) is 61.0 cm³/mol. The van der Waals surface area contributed by atoms with Gasteiger partial charge < -0.3 is 9.63 Å². The Balaban J connectivity index is 2.11. The quantitative estimate of drug-likeness (QED) is 0.722. The highest BCUT2D eigenvalue weighted by Crippen LogP contribution is 2.18. The van der Waals surface area contributed by atoms with E-state index in [0.29, 0.717) is 11.5 Å². The van der Waals surface area contributed by atoms with Crippen LogP contribution in [-0.4, -0.2) is 20.2 Å². The van der Waals surface area contributed by atoms with Crippen molar-refractivity contribution in [1.29, 1.82) is 0 Å². The van der Waals surface area contributed by atoms with Crippen molar-refractivity contribution >= 4 is 10.9 Å². The van der Waals surface area contributed by atoms with Gasteiger partial charge in [0.25, 0.3) is 5.89 Å². The lowest BCUT2D eigenvalue weighted by atomic mass is 10.2. The minimum atomic E-state index is -0.263. The average molecular weight is 227 g/mol. The first-order chi connectivity index (χ1) is 8.36. The molecule has 0 fully saturated rings. The van der Waals surface area contributed by atoms with E-state index >= 15 is 0 Å². The van der Waals surface area contributed by atoms with Crippen LogP contribution in [0.5, 0.6) is 0 Å². The maximum Gasteiger partial charge on any atom is 0.252 e. The summed E-state index contributed by atoms with van der Waals surface area (Å²) in [6, 6.07) is 11.6. The zero-order valence-corrected chi connectivity index (χ0v) is 8.87. The highest BCUT2D eigenvalue weighted by molar-refractivity contribution is 5.80. The number of aromatic nitrogens is 3. The van der Waals surface area contributed by atoms with Gasteiger partial charge in [0.15, 0.2) is 0 Å². The van der Waals surface area contributed by atoms with Crippen LogP contribution in [0.2, 0.25) is 0 Å². The van der Waals surface area contributed by atoms with E-state index in [1.165, 1.54) is 0 Å². The summed E-state index contributed by atoms with van der Waals surface area (Å²) in [6.07, 6.45) is 0. The Morgan fingerprint density at radius 1 is 1.06 bits per heavy atom. The van der Waals surface area contributed by atoms with Crippen molar-refractivity contribution in [2.75, 3.05) is 0 Å². The first kappa shape index (κ1) is 9.92. The topological polar surface area (TPSA) is 72.0 Å². The van der Waals surface area contributed by atoms with E-state index in [1.807, 2.05) is 36.4 Å². The van der Waals surface area contributed by atoms with E-state index in [4.69, 9.17) is 9.63 Å². The van der Waals surface area contributed by atoms with Gasteiger partial charge in [0, 0.05) is 5.39 Å². The smallest absolute Gasteiger partial charge is 0.252 e. The van der Waals surface area contributed by atoms with Gasteiger partial charge in [0.05, 0.1) is 5.52 Å². The second-order valence-electron chi connectivity index (χ2n) is 3.56. The van der Waals surface area contributed by atoms with Crippen LogP contribution in [0.15, 0.2) is 40.9 Å². The molecule has 1 N–H and O–H groups in total. The fourth-order valence-electron chi connectivity index (χ4n) is 1.61. The van der Waals surface area contributed by atoms with Gasteiger partial charge in [-0.05, 0) is 12.1 Å². The Kier molecular flexibility index (Phi) is 2.31. The Morgan fingerprint density at radius 3 is 2.76 bits per heavy atom. The Hall–Kier alpha value is -2.27. The molecule has 0 amide bonds. The van der Waals surface area contributed by atoms with Gasteiger partial charge in [-0.25, -0.2) is 4.98 Å². The van der Waals surface area contributed by atoms with Gasteiger partial charge in [0.1, 0.15) is 12.3 Å². The van der Waals surface area contributed by atoms with Crippen LogP contribution < -0.4 is 0 Å². The Bertz CT molecular complexity index is 663. The number of pyridine rings is 1. The Morgan fingerprint density at radius 2 is 1.94 bits per heavy atom. The largest absolute Gasteiger partial charge is 0.387 e. The predicted octanol–water partition coefficient (Wildman–Crippen LogP) is 1.78. The van der Waals surface area contributed by atoms with Crippen molar-refractivity contribution in [3.8, 4) is 11.5 Å². The molecule has 0 saturated heterocycles. The number of benzene rings is 1. The van der Waals surface area contributed by atoms with E-state index in [1.54, 1.807) is 0 Å². The molecule has 2 aromatic heterocycles. The SMILES string of the molecule is OCc1nc(-c2ccc3ccccc3n2)no1. The molecule has 5 heteroatoms. The average Bonchev–Trinajstić information content (AvgIpc) is 2.87. The molecule has 0 radical (unpaired) electrons. The molecule has 5 nitrogen and oxygen atoms in total. The summed E-state index contributed by atoms with van der Waals surface area (Å²) < 4.78 is 4.83. The van der Waals surface area contributed by atoms with Crippen LogP contribution in [-0.2, 0) is 6.61 Å². The molecule has 0 unspecified atom stereocenters. The van der Waals surface area contributed by atoms with Crippen molar-refractivity contribution in [1.82, 2.24) is 15.1 Å². The minimum absolute atomic E-state index is 0.190. The number of aliphatic hydroxyl groups excluding tert-OH is 1. The third-order valence-electron chi connectivity index (χ3n) is 2.43. The lowest BCUT2D eigenvalue weighted by Gasteiger charge is -1.98. The molecular formula is C12H9N3O2. The van der Waals surface area contributed by atoms with Gasteiger partial charge in [0.2, 0.25) is 5.82 Å². The van der Waals surface area contributed by atoms with Crippen LogP contribution in [0.25, 0.3) is 22.4 Å². The zero-order valence-electron chi connectivity index (χ0n) is 8.87. The molecule has 0 spiro atoms. The summed E-state index contributed by atoms with van der Waals surface area (Å²) in [4.78, 5) is 8.44. The van der Waals surface area contributed by atoms with Gasteiger partial charge >= 0.3 is 0 Å². The van der Waals surface area contributed by atoms with Crippen LogP contribution in [0.3, 0.4) is 0 Å². The minimum Gasteiger partial charge on any atom is -0.387 e. The molecule has 2 heterocycles. The van der Waals surface area contributed by atoms with Gasteiger partial charge in [-0.15, -0.1) is 0 Å². The summed E-state index contributed by atoms with van der Waals surface area (Å²) in [5.41, 5.74) is 1.51. The number of nitrogens with zero attached hydrogens (tertiary/aromatic N) is 3. The molecule has 17 heavy (non-hydrogen) atoms. The fraction of sp³-hybridized carbons (Fsp3) is 0.0833. The number of rotatable bonds is 2. The highest BCUT2D eigenvalue weighted by Gasteiger charge is 2.09. The second-order valence-corrected chi connectivity index (χ2v) is 3.56. The molecular weight excluding hydrogens is 218 g/mol. The molecule has 3 rings (SSSR count). The summed E-state index contributed by atoms with van der Waals surface area (Å²) in [6.45, 7) is -0.263. The zero-order chi connectivity index (χ0) is 11.7. The standard InChI is InChI=1S/C12H9N3O2/c16-7-11-14-12(15-17-11)10-6-5-8-3-1-2-4-9(8)13-10/h1-6,16H,7H2. The third-order valence-corrected chi connectivity index (χ3v) is 2.43. The maximum atomic E-state index is 8.85. The third kappa shape index (κ3) is 1.76. The number of fused-ring (bicyclic) bond motifs is 1. The van der Waals surface area contributed by atoms with E-state index in [-0.39, 0.29) is 12.5 Å². The van der Waals surface area contributed by atoms with E-state index in [9.17, 15) is 0 Å². The van der Waals surface area contributed by atoms with Gasteiger partial charge in [-0.3, -0.25) is 0 Å². The van der Waals surface area contributed by atoms with Crippen molar-refractivity contribution in [2.45, 2.75) is 6.61 Å². The van der Waals surface area contributed by atoms with Crippen LogP contribution >= 0.6 is 0 Å². The monoisotopic (exact) mass is 227 g/mol. The molecule has 0 aliphatic carbocycles. The van der Waals surface area contributed by atoms with Crippen LogP contribution in [0.4, 0.5) is 0 Å². The highest BCUT2D eigenvalue weighted by atomic mass is 16.5. The van der Waals surface area contributed by atoms with E-state index < -0.39 is 0 Å². The number of para-hydroxylation sites is 1. The Labute approximate surface area is 96.7 Å². The second kappa shape index (κ2) is 3.95. The molecule has 0 aliphatic rings. The van der Waals surface area contributed by atoms with Crippen molar-refractivity contribution in [2.24, 2.45) is 0 Å². The first-order valence-electron chi connectivity index (χ1n) is 5.16. The molecule has 1 aromatic carbocycles. The van der Waals surface area contributed by atoms with Crippen molar-refractivity contribution in [3.05, 3.63) is 42.3 Å². The number of hydrogen-bond acceptors (Lipinski definition) is 5. The summed E-state index contributed by atoms with van der Waals surface area (Å²) in [7, 11) is 0. The molecule has 0 aliphatic heterocycles. The molecule has 3 aromatic rings. The summed E-state index contributed by atoms with van der Waals surface area (Å²) >= 11 is 0.